The summed E-state index contributed by atoms with van der Waals surface area (Å²) in [4.78, 5) is 13.6. The highest BCUT2D eigenvalue weighted by Gasteiger charge is 2.31. The molecule has 0 aliphatic heterocycles. The summed E-state index contributed by atoms with van der Waals surface area (Å²) in [6, 6.07) is 0.535. The van der Waals surface area contributed by atoms with Gasteiger partial charge in [-0.1, -0.05) is 0 Å². The number of anilines is 2. The fraction of sp³-hybridized carbons (Fsp3) is 0.750. The van der Waals surface area contributed by atoms with E-state index < -0.39 is 5.60 Å². The van der Waals surface area contributed by atoms with Crippen molar-refractivity contribution in [2.24, 2.45) is 5.92 Å². The Morgan fingerprint density at radius 1 is 1.07 bits per heavy atom. The minimum atomic E-state index is -0.613. The molecule has 0 aromatic carbocycles. The van der Waals surface area contributed by atoms with E-state index >= 15 is 0 Å². The van der Waals surface area contributed by atoms with Crippen molar-refractivity contribution in [2.75, 3.05) is 11.1 Å². The number of hydrogen-bond donors (Lipinski definition) is 4. The molecule has 8 nitrogen and oxygen atoms in total. The summed E-state index contributed by atoms with van der Waals surface area (Å²) in [6.07, 6.45) is 8.84. The van der Waals surface area contributed by atoms with Gasteiger partial charge in [0.1, 0.15) is 5.52 Å². The lowest BCUT2D eigenvalue weighted by molar-refractivity contribution is -0.000414. The van der Waals surface area contributed by atoms with Gasteiger partial charge in [-0.2, -0.15) is 4.98 Å². The molecule has 2 fully saturated rings. The molecular formula is C20H32N6O2. The maximum atomic E-state index is 10.2. The van der Waals surface area contributed by atoms with Gasteiger partial charge in [0.25, 0.3) is 0 Å². The summed E-state index contributed by atoms with van der Waals surface area (Å²) in [5, 5.41) is 23.5. The monoisotopic (exact) mass is 388 g/mol. The molecule has 2 saturated carbocycles. The maximum Gasteiger partial charge on any atom is 0.224 e. The van der Waals surface area contributed by atoms with Crippen molar-refractivity contribution in [3.05, 3.63) is 6.20 Å². The van der Waals surface area contributed by atoms with E-state index in [-0.39, 0.29) is 12.1 Å². The lowest BCUT2D eigenvalue weighted by Crippen LogP contribution is -2.37. The average Bonchev–Trinajstić information content (AvgIpc) is 2.97. The number of imidazole rings is 1. The van der Waals surface area contributed by atoms with E-state index in [4.69, 9.17) is 10.7 Å². The Morgan fingerprint density at radius 3 is 2.39 bits per heavy atom. The topological polar surface area (TPSA) is 122 Å². The highest BCUT2D eigenvalue weighted by molar-refractivity contribution is 5.74. The van der Waals surface area contributed by atoms with Crippen LogP contribution in [-0.2, 0) is 0 Å². The van der Waals surface area contributed by atoms with Crippen LogP contribution in [0.4, 0.5) is 11.9 Å². The molecule has 2 heterocycles. The van der Waals surface area contributed by atoms with E-state index in [2.05, 4.69) is 15.3 Å². The van der Waals surface area contributed by atoms with Crippen LogP contribution in [0.3, 0.4) is 0 Å². The molecule has 0 spiro atoms. The second-order valence-corrected chi connectivity index (χ2v) is 9.05. The van der Waals surface area contributed by atoms with Gasteiger partial charge in [0.05, 0.1) is 17.9 Å². The van der Waals surface area contributed by atoms with E-state index in [9.17, 15) is 10.2 Å². The van der Waals surface area contributed by atoms with Crippen LogP contribution in [0.5, 0.6) is 0 Å². The Morgan fingerprint density at radius 2 is 1.75 bits per heavy atom. The smallest absolute Gasteiger partial charge is 0.224 e. The number of hydrogen-bond acceptors (Lipinski definition) is 7. The summed E-state index contributed by atoms with van der Waals surface area (Å²) < 4.78 is 2.01. The van der Waals surface area contributed by atoms with Crippen molar-refractivity contribution in [1.82, 2.24) is 19.5 Å². The molecule has 0 saturated heterocycles. The van der Waals surface area contributed by atoms with Crippen LogP contribution in [0.25, 0.3) is 11.2 Å². The van der Waals surface area contributed by atoms with Gasteiger partial charge in [-0.3, -0.25) is 4.57 Å². The minimum absolute atomic E-state index is 0.210. The molecule has 0 atom stereocenters. The standard InChI is InChI=1S/C20H32N6O2/c1-20(2,28)12-3-5-13(6-4-12)23-19-22-11-16-17(25-19)26(18(21)24-16)14-7-9-15(27)10-8-14/h11-15,27-28H,3-10H2,1-2H3,(H2,21,24)(H,22,23,25). The van der Waals surface area contributed by atoms with Crippen molar-refractivity contribution >= 4 is 23.1 Å². The minimum Gasteiger partial charge on any atom is -0.393 e. The van der Waals surface area contributed by atoms with E-state index in [1.807, 2.05) is 18.4 Å². The van der Waals surface area contributed by atoms with Crippen LogP contribution in [0, 0.1) is 5.92 Å². The third-order valence-corrected chi connectivity index (χ3v) is 6.55. The number of nitrogens with zero attached hydrogens (tertiary/aromatic N) is 4. The molecule has 4 rings (SSSR count). The predicted octanol–water partition coefficient (Wildman–Crippen LogP) is 2.63. The van der Waals surface area contributed by atoms with Crippen molar-refractivity contribution in [3.63, 3.8) is 0 Å². The molecule has 2 aromatic rings. The molecule has 0 amide bonds. The number of rotatable bonds is 4. The largest absolute Gasteiger partial charge is 0.393 e. The van der Waals surface area contributed by atoms with E-state index in [0.29, 0.717) is 29.4 Å². The quantitative estimate of drug-likeness (QED) is 0.635. The van der Waals surface area contributed by atoms with Crippen LogP contribution in [-0.4, -0.2) is 47.5 Å². The number of fused-ring (bicyclic) bond motifs is 1. The Bertz CT molecular complexity index is 814. The van der Waals surface area contributed by atoms with Crippen LogP contribution in [0.1, 0.15) is 71.3 Å². The summed E-state index contributed by atoms with van der Waals surface area (Å²) in [5.41, 5.74) is 7.05. The normalized spacial score (nSPS) is 29.1. The van der Waals surface area contributed by atoms with Gasteiger partial charge in [0.2, 0.25) is 11.9 Å². The lowest BCUT2D eigenvalue weighted by Gasteiger charge is -2.36. The first-order valence-electron chi connectivity index (χ1n) is 10.5. The second kappa shape index (κ2) is 7.48. The average molecular weight is 389 g/mol. The number of aromatic nitrogens is 4. The lowest BCUT2D eigenvalue weighted by atomic mass is 9.77. The van der Waals surface area contributed by atoms with Crippen LogP contribution < -0.4 is 11.1 Å². The Labute approximate surface area is 165 Å². The van der Waals surface area contributed by atoms with Crippen molar-refractivity contribution in [2.45, 2.75) is 89.0 Å². The van der Waals surface area contributed by atoms with Gasteiger partial charge in [0, 0.05) is 12.1 Å². The van der Waals surface area contributed by atoms with Crippen LogP contribution in [0.15, 0.2) is 6.20 Å². The van der Waals surface area contributed by atoms with Crippen LogP contribution in [0.2, 0.25) is 0 Å². The SMILES string of the molecule is CC(C)(O)C1CCC(Nc2ncc3nc(N)n(C4CCC(O)CC4)c3n2)CC1. The molecular weight excluding hydrogens is 356 g/mol. The fourth-order valence-electron chi connectivity index (χ4n) is 4.78. The molecule has 2 aliphatic rings. The predicted molar refractivity (Wildman–Crippen MR) is 109 cm³/mol. The van der Waals surface area contributed by atoms with Crippen LogP contribution >= 0.6 is 0 Å². The summed E-state index contributed by atoms with van der Waals surface area (Å²) >= 11 is 0. The van der Waals surface area contributed by atoms with Gasteiger partial charge in [-0.05, 0) is 71.1 Å². The molecule has 8 heteroatoms. The molecule has 5 N–H and O–H groups in total. The van der Waals surface area contributed by atoms with Crippen molar-refractivity contribution in [3.8, 4) is 0 Å². The third-order valence-electron chi connectivity index (χ3n) is 6.55. The second-order valence-electron chi connectivity index (χ2n) is 9.05. The first-order chi connectivity index (χ1) is 13.3. The summed E-state index contributed by atoms with van der Waals surface area (Å²) in [7, 11) is 0. The van der Waals surface area contributed by atoms with Gasteiger partial charge < -0.3 is 21.3 Å². The first kappa shape index (κ1) is 19.4. The number of aliphatic hydroxyl groups excluding tert-OH is 1. The van der Waals surface area contributed by atoms with Gasteiger partial charge >= 0.3 is 0 Å². The van der Waals surface area contributed by atoms with E-state index in [1.54, 1.807) is 6.20 Å². The molecule has 154 valence electrons. The molecule has 2 aliphatic carbocycles. The Hall–Kier alpha value is -1.93. The molecule has 28 heavy (non-hydrogen) atoms. The zero-order valence-corrected chi connectivity index (χ0v) is 16.8. The highest BCUT2D eigenvalue weighted by Crippen LogP contribution is 2.35. The zero-order chi connectivity index (χ0) is 19.9. The van der Waals surface area contributed by atoms with Gasteiger partial charge in [-0.25, -0.2) is 9.97 Å². The summed E-state index contributed by atoms with van der Waals surface area (Å²) in [6.45, 7) is 3.80. The molecule has 0 unspecified atom stereocenters. The molecule has 0 radical (unpaired) electrons. The number of nitrogens with one attached hydrogen (secondary N) is 1. The molecule has 2 aromatic heterocycles. The van der Waals surface area contributed by atoms with Gasteiger partial charge in [-0.15, -0.1) is 0 Å². The number of nitrogen functional groups attached to an aromatic ring is 1. The number of nitrogens with two attached hydrogens (primary N) is 1. The highest BCUT2D eigenvalue weighted by atomic mass is 16.3. The van der Waals surface area contributed by atoms with E-state index in [1.165, 1.54) is 0 Å². The number of aliphatic hydroxyl groups is 2. The fourth-order valence-corrected chi connectivity index (χ4v) is 4.78. The molecule has 0 bridgehead atoms. The van der Waals surface area contributed by atoms with Gasteiger partial charge in [0.15, 0.2) is 5.65 Å². The Balaban J connectivity index is 1.49. The first-order valence-corrected chi connectivity index (χ1v) is 10.5. The third kappa shape index (κ3) is 3.93. The van der Waals surface area contributed by atoms with Crippen molar-refractivity contribution < 1.29 is 10.2 Å². The Kier molecular flexibility index (Phi) is 5.18. The van der Waals surface area contributed by atoms with Crippen molar-refractivity contribution in [1.29, 1.82) is 0 Å². The zero-order valence-electron chi connectivity index (χ0n) is 16.8. The van der Waals surface area contributed by atoms with E-state index in [0.717, 1.165) is 57.0 Å². The summed E-state index contributed by atoms with van der Waals surface area (Å²) in [5.74, 6) is 1.42. The maximum absolute atomic E-state index is 10.2.